The monoisotopic (exact) mass is 342 g/mol. The van der Waals surface area contributed by atoms with Crippen molar-refractivity contribution in [3.05, 3.63) is 87.9 Å². The third-order valence-corrected chi connectivity index (χ3v) is 4.28. The highest BCUT2D eigenvalue weighted by molar-refractivity contribution is 5.81. The molecule has 0 fully saturated rings. The summed E-state index contributed by atoms with van der Waals surface area (Å²) in [6.07, 6.45) is 0.376. The molecule has 4 aromatic rings. The first-order chi connectivity index (χ1) is 12.6. The first-order valence-corrected chi connectivity index (χ1v) is 8.48. The number of nitrogens with one attached hydrogen (secondary N) is 1. The first-order valence-electron chi connectivity index (χ1n) is 8.48. The van der Waals surface area contributed by atoms with E-state index in [-0.39, 0.29) is 5.56 Å². The van der Waals surface area contributed by atoms with Crippen LogP contribution in [0.15, 0.2) is 59.4 Å². The summed E-state index contributed by atoms with van der Waals surface area (Å²) in [4.78, 5) is 28.7. The van der Waals surface area contributed by atoms with Gasteiger partial charge in [0.15, 0.2) is 0 Å². The first kappa shape index (κ1) is 16.1. The van der Waals surface area contributed by atoms with Gasteiger partial charge in [-0.1, -0.05) is 42.5 Å². The lowest BCUT2D eigenvalue weighted by Crippen LogP contribution is -2.13. The SMILES string of the molecule is Cc1ccc2c(C)nc(Cc3nc(-c4ccccc4)cc(=O)[nH]3)nc2c1. The number of aryl methyl sites for hydroxylation is 2. The minimum atomic E-state index is -0.179. The largest absolute Gasteiger partial charge is 0.310 e. The van der Waals surface area contributed by atoms with Crippen molar-refractivity contribution in [1.29, 1.82) is 0 Å². The van der Waals surface area contributed by atoms with E-state index in [1.807, 2.05) is 56.3 Å². The number of rotatable bonds is 3. The zero-order valence-electron chi connectivity index (χ0n) is 14.7. The predicted octanol–water partition coefficient (Wildman–Crippen LogP) is 3.59. The Kier molecular flexibility index (Phi) is 4.05. The van der Waals surface area contributed by atoms with E-state index in [0.717, 1.165) is 27.7 Å². The molecular weight excluding hydrogens is 324 g/mol. The molecule has 5 nitrogen and oxygen atoms in total. The topological polar surface area (TPSA) is 71.5 Å². The third kappa shape index (κ3) is 3.24. The molecule has 4 rings (SSSR count). The average Bonchev–Trinajstić information content (AvgIpc) is 2.61. The summed E-state index contributed by atoms with van der Waals surface area (Å²) < 4.78 is 0. The maximum Gasteiger partial charge on any atom is 0.251 e. The lowest BCUT2D eigenvalue weighted by molar-refractivity contribution is 0.881. The maximum atomic E-state index is 12.1. The Hall–Kier alpha value is -3.34. The molecule has 5 heteroatoms. The van der Waals surface area contributed by atoms with Gasteiger partial charge in [0.2, 0.25) is 0 Å². The summed E-state index contributed by atoms with van der Waals surface area (Å²) >= 11 is 0. The van der Waals surface area contributed by atoms with E-state index in [0.29, 0.717) is 23.8 Å². The highest BCUT2D eigenvalue weighted by Crippen LogP contribution is 2.18. The van der Waals surface area contributed by atoms with E-state index < -0.39 is 0 Å². The highest BCUT2D eigenvalue weighted by atomic mass is 16.1. The average molecular weight is 342 g/mol. The van der Waals surface area contributed by atoms with Crippen LogP contribution in [0.4, 0.5) is 0 Å². The molecule has 0 unspecified atom stereocenters. The quantitative estimate of drug-likeness (QED) is 0.618. The molecule has 0 aliphatic rings. The fourth-order valence-electron chi connectivity index (χ4n) is 3.04. The molecule has 0 saturated carbocycles. The molecule has 128 valence electrons. The van der Waals surface area contributed by atoms with Crippen LogP contribution in [0, 0.1) is 13.8 Å². The molecule has 26 heavy (non-hydrogen) atoms. The van der Waals surface area contributed by atoms with Crippen molar-refractivity contribution in [3.63, 3.8) is 0 Å². The number of aromatic amines is 1. The van der Waals surface area contributed by atoms with Gasteiger partial charge in [-0.2, -0.15) is 0 Å². The number of hydrogen-bond acceptors (Lipinski definition) is 4. The van der Waals surface area contributed by atoms with E-state index in [9.17, 15) is 4.79 Å². The summed E-state index contributed by atoms with van der Waals surface area (Å²) in [6, 6.07) is 17.3. The minimum Gasteiger partial charge on any atom is -0.310 e. The van der Waals surface area contributed by atoms with Gasteiger partial charge in [-0.25, -0.2) is 15.0 Å². The van der Waals surface area contributed by atoms with E-state index in [1.54, 1.807) is 0 Å². The number of H-pyrrole nitrogens is 1. The normalized spacial score (nSPS) is 11.0. The van der Waals surface area contributed by atoms with Crippen molar-refractivity contribution in [2.24, 2.45) is 0 Å². The molecule has 0 amide bonds. The molecule has 0 aliphatic heterocycles. The molecule has 2 heterocycles. The fourth-order valence-corrected chi connectivity index (χ4v) is 3.04. The molecule has 1 N–H and O–H groups in total. The Labute approximate surface area is 150 Å². The van der Waals surface area contributed by atoms with Crippen LogP contribution >= 0.6 is 0 Å². The lowest BCUT2D eigenvalue weighted by atomic mass is 10.1. The van der Waals surface area contributed by atoms with Crippen LogP contribution in [0.2, 0.25) is 0 Å². The van der Waals surface area contributed by atoms with E-state index >= 15 is 0 Å². The molecule has 0 atom stereocenters. The van der Waals surface area contributed by atoms with E-state index in [4.69, 9.17) is 0 Å². The summed E-state index contributed by atoms with van der Waals surface area (Å²) in [6.45, 7) is 4.01. The zero-order valence-corrected chi connectivity index (χ0v) is 14.7. The zero-order chi connectivity index (χ0) is 18.1. The van der Waals surface area contributed by atoms with Gasteiger partial charge in [0.25, 0.3) is 5.56 Å². The summed E-state index contributed by atoms with van der Waals surface area (Å²) in [5.41, 5.74) is 4.37. The van der Waals surface area contributed by atoms with Crippen LogP contribution < -0.4 is 5.56 Å². The number of nitrogens with zero attached hydrogens (tertiary/aromatic N) is 3. The smallest absolute Gasteiger partial charge is 0.251 e. The van der Waals surface area contributed by atoms with Crippen molar-refractivity contribution in [2.75, 3.05) is 0 Å². The lowest BCUT2D eigenvalue weighted by Gasteiger charge is -2.07. The van der Waals surface area contributed by atoms with Gasteiger partial charge in [-0.3, -0.25) is 4.79 Å². The second kappa shape index (κ2) is 6.52. The van der Waals surface area contributed by atoms with Crippen molar-refractivity contribution in [1.82, 2.24) is 19.9 Å². The second-order valence-corrected chi connectivity index (χ2v) is 6.37. The van der Waals surface area contributed by atoms with Gasteiger partial charge in [0, 0.05) is 22.7 Å². The van der Waals surface area contributed by atoms with Crippen molar-refractivity contribution >= 4 is 10.9 Å². The number of aromatic nitrogens is 4. The molecule has 0 saturated heterocycles. The van der Waals surface area contributed by atoms with Gasteiger partial charge >= 0.3 is 0 Å². The molecule has 0 aliphatic carbocycles. The summed E-state index contributed by atoms with van der Waals surface area (Å²) in [5.74, 6) is 1.21. The van der Waals surface area contributed by atoms with Gasteiger partial charge in [0.1, 0.15) is 11.6 Å². The van der Waals surface area contributed by atoms with Crippen molar-refractivity contribution in [3.8, 4) is 11.3 Å². The Bertz CT molecular complexity index is 1150. The number of hydrogen-bond donors (Lipinski definition) is 1. The number of benzene rings is 2. The third-order valence-electron chi connectivity index (χ3n) is 4.28. The molecule has 2 aromatic heterocycles. The molecular formula is C21H18N4O. The fraction of sp³-hybridized carbons (Fsp3) is 0.143. The minimum absolute atomic E-state index is 0.179. The van der Waals surface area contributed by atoms with E-state index in [1.165, 1.54) is 6.07 Å². The van der Waals surface area contributed by atoms with Crippen LogP contribution in [0.25, 0.3) is 22.2 Å². The van der Waals surface area contributed by atoms with Crippen molar-refractivity contribution < 1.29 is 0 Å². The molecule has 2 aromatic carbocycles. The Morgan fingerprint density at radius 2 is 1.73 bits per heavy atom. The second-order valence-electron chi connectivity index (χ2n) is 6.37. The Balaban J connectivity index is 1.75. The van der Waals surface area contributed by atoms with Crippen LogP contribution in [-0.2, 0) is 6.42 Å². The van der Waals surface area contributed by atoms with Gasteiger partial charge in [-0.15, -0.1) is 0 Å². The highest BCUT2D eigenvalue weighted by Gasteiger charge is 2.09. The Morgan fingerprint density at radius 3 is 2.54 bits per heavy atom. The molecule has 0 bridgehead atoms. The van der Waals surface area contributed by atoms with Gasteiger partial charge in [-0.05, 0) is 25.5 Å². The Morgan fingerprint density at radius 1 is 0.923 bits per heavy atom. The standard InChI is InChI=1S/C21H18N4O/c1-13-8-9-16-14(2)22-19(24-18(16)10-13)12-20-23-17(11-21(26)25-20)15-6-4-3-5-7-15/h3-11H,12H2,1-2H3,(H,23,25,26). The molecule has 0 spiro atoms. The predicted molar refractivity (Wildman–Crippen MR) is 102 cm³/mol. The van der Waals surface area contributed by atoms with Gasteiger partial charge < -0.3 is 4.98 Å². The van der Waals surface area contributed by atoms with Gasteiger partial charge in [0.05, 0.1) is 17.6 Å². The van der Waals surface area contributed by atoms with Crippen LogP contribution in [0.1, 0.15) is 22.9 Å². The van der Waals surface area contributed by atoms with Crippen LogP contribution in [0.3, 0.4) is 0 Å². The number of fused-ring (bicyclic) bond motifs is 1. The van der Waals surface area contributed by atoms with Crippen molar-refractivity contribution in [2.45, 2.75) is 20.3 Å². The maximum absolute atomic E-state index is 12.1. The molecule has 0 radical (unpaired) electrons. The van der Waals surface area contributed by atoms with E-state index in [2.05, 4.69) is 26.0 Å². The summed E-state index contributed by atoms with van der Waals surface area (Å²) in [7, 11) is 0. The van der Waals surface area contributed by atoms with Crippen LogP contribution in [-0.4, -0.2) is 19.9 Å². The summed E-state index contributed by atoms with van der Waals surface area (Å²) in [5, 5.41) is 1.04. The van der Waals surface area contributed by atoms with Crippen LogP contribution in [0.5, 0.6) is 0 Å².